The number of benzene rings is 3. The Hall–Kier alpha value is -3.85. The maximum atomic E-state index is 12.8. The summed E-state index contributed by atoms with van der Waals surface area (Å²) in [7, 11) is -3.36. The number of hydrogen-bond donors (Lipinski definition) is 2. The molecular weight excluding hydrogens is 428 g/mol. The molecule has 2 N–H and O–H groups in total. The third kappa shape index (κ3) is 3.56. The van der Waals surface area contributed by atoms with Crippen LogP contribution in [-0.2, 0) is 10.0 Å². The summed E-state index contributed by atoms with van der Waals surface area (Å²) < 4.78 is 27.6. The molecule has 1 aromatic heterocycles. The fourth-order valence-corrected chi connectivity index (χ4v) is 5.40. The summed E-state index contributed by atoms with van der Waals surface area (Å²) in [6, 6.07) is 19.2. The Bertz CT molecular complexity index is 1430. The molecule has 0 unspecified atom stereocenters. The summed E-state index contributed by atoms with van der Waals surface area (Å²) in [4.78, 5) is 17.1. The molecule has 1 fully saturated rings. The van der Waals surface area contributed by atoms with Crippen molar-refractivity contribution in [3.63, 3.8) is 0 Å². The molecule has 3 aromatic carbocycles. The van der Waals surface area contributed by atoms with Gasteiger partial charge in [0.1, 0.15) is 12.1 Å². The summed E-state index contributed by atoms with van der Waals surface area (Å²) in [6.07, 6.45) is 2.28. The number of aromatic hydroxyl groups is 1. The van der Waals surface area contributed by atoms with Crippen molar-refractivity contribution in [3.05, 3.63) is 78.6 Å². The largest absolute Gasteiger partial charge is 0.506 e. The first-order valence-corrected chi connectivity index (χ1v) is 11.7. The zero-order chi connectivity index (χ0) is 22.3. The number of carbonyl (C=O) groups excluding carboxylic acids is 1. The van der Waals surface area contributed by atoms with Gasteiger partial charge >= 0.3 is 0 Å². The highest BCUT2D eigenvalue weighted by atomic mass is 32.2. The molecule has 0 spiro atoms. The summed E-state index contributed by atoms with van der Waals surface area (Å²) in [5.74, 6) is -0.460. The quantitative estimate of drug-likeness (QED) is 0.465. The van der Waals surface area contributed by atoms with E-state index in [4.69, 9.17) is 0 Å². The van der Waals surface area contributed by atoms with E-state index in [0.29, 0.717) is 24.2 Å². The molecule has 1 amide bonds. The topological polar surface area (TPSA) is 105 Å². The average Bonchev–Trinajstić information content (AvgIpc) is 3.38. The molecule has 4 aromatic rings. The molecule has 0 atom stereocenters. The molecule has 0 aliphatic carbocycles. The predicted molar refractivity (Wildman–Crippen MR) is 123 cm³/mol. The van der Waals surface area contributed by atoms with E-state index in [0.717, 1.165) is 16.7 Å². The van der Waals surface area contributed by atoms with E-state index in [1.165, 1.54) is 22.5 Å². The van der Waals surface area contributed by atoms with Gasteiger partial charge in [-0.2, -0.15) is 0 Å². The van der Waals surface area contributed by atoms with Crippen molar-refractivity contribution in [2.24, 2.45) is 0 Å². The van der Waals surface area contributed by atoms with Gasteiger partial charge in [0.2, 0.25) is 10.0 Å². The Morgan fingerprint density at radius 3 is 2.50 bits per heavy atom. The van der Waals surface area contributed by atoms with Crippen LogP contribution in [0.1, 0.15) is 16.8 Å². The molecule has 1 saturated heterocycles. The first-order valence-electron chi connectivity index (χ1n) is 10.1. The number of imidazole rings is 1. The molecule has 5 rings (SSSR count). The summed E-state index contributed by atoms with van der Waals surface area (Å²) in [5, 5.41) is 12.9. The molecule has 0 saturated carbocycles. The minimum absolute atomic E-state index is 0.0914. The van der Waals surface area contributed by atoms with Crippen LogP contribution in [0.15, 0.2) is 73.1 Å². The van der Waals surface area contributed by atoms with Gasteiger partial charge in [0.05, 0.1) is 28.2 Å². The van der Waals surface area contributed by atoms with Crippen LogP contribution in [0.4, 0.5) is 11.4 Å². The fourth-order valence-electron chi connectivity index (χ4n) is 3.84. The number of rotatable bonds is 4. The monoisotopic (exact) mass is 448 g/mol. The fraction of sp³-hybridized carbons (Fsp3) is 0.130. The summed E-state index contributed by atoms with van der Waals surface area (Å²) in [5.41, 5.74) is 3.67. The average molecular weight is 449 g/mol. The van der Waals surface area contributed by atoms with E-state index >= 15 is 0 Å². The lowest BCUT2D eigenvalue weighted by Crippen LogP contribution is -2.25. The van der Waals surface area contributed by atoms with E-state index in [9.17, 15) is 18.3 Å². The Labute approximate surface area is 184 Å². The maximum Gasteiger partial charge on any atom is 0.255 e. The highest BCUT2D eigenvalue weighted by molar-refractivity contribution is 7.93. The zero-order valence-corrected chi connectivity index (χ0v) is 17.8. The van der Waals surface area contributed by atoms with Crippen molar-refractivity contribution in [1.29, 1.82) is 0 Å². The molecule has 0 bridgehead atoms. The summed E-state index contributed by atoms with van der Waals surface area (Å²) >= 11 is 0. The number of nitrogens with zero attached hydrogens (tertiary/aromatic N) is 3. The molecular formula is C23H20N4O4S. The van der Waals surface area contributed by atoms with Crippen LogP contribution in [0.3, 0.4) is 0 Å². The number of amides is 1. The predicted octanol–water partition coefficient (Wildman–Crippen LogP) is 3.52. The minimum atomic E-state index is -3.36. The molecule has 2 heterocycles. The highest BCUT2D eigenvalue weighted by Gasteiger charge is 2.29. The molecule has 9 heteroatoms. The molecule has 1 aliphatic heterocycles. The van der Waals surface area contributed by atoms with Crippen molar-refractivity contribution in [1.82, 2.24) is 9.55 Å². The Morgan fingerprint density at radius 2 is 1.75 bits per heavy atom. The van der Waals surface area contributed by atoms with Gasteiger partial charge in [-0.05, 0) is 61.0 Å². The number of anilines is 2. The second-order valence-electron chi connectivity index (χ2n) is 7.55. The van der Waals surface area contributed by atoms with Crippen LogP contribution in [0.2, 0.25) is 0 Å². The number of carbonyl (C=O) groups is 1. The van der Waals surface area contributed by atoms with E-state index in [-0.39, 0.29) is 17.2 Å². The number of fused-ring (bicyclic) bond motifs is 1. The van der Waals surface area contributed by atoms with E-state index < -0.39 is 15.9 Å². The lowest BCUT2D eigenvalue weighted by atomic mass is 10.1. The van der Waals surface area contributed by atoms with Crippen LogP contribution in [0.5, 0.6) is 5.75 Å². The molecule has 0 radical (unpaired) electrons. The van der Waals surface area contributed by atoms with E-state index in [2.05, 4.69) is 10.3 Å². The van der Waals surface area contributed by atoms with Crippen molar-refractivity contribution in [2.75, 3.05) is 21.9 Å². The first-order chi connectivity index (χ1) is 15.4. The highest BCUT2D eigenvalue weighted by Crippen LogP contribution is 2.32. The van der Waals surface area contributed by atoms with E-state index in [1.54, 1.807) is 18.5 Å². The number of hydrogen-bond acceptors (Lipinski definition) is 5. The van der Waals surface area contributed by atoms with Crippen molar-refractivity contribution < 1.29 is 18.3 Å². The maximum absolute atomic E-state index is 12.8. The first kappa shape index (κ1) is 20.1. The molecule has 1 aliphatic rings. The number of aromatic nitrogens is 2. The van der Waals surface area contributed by atoms with E-state index in [1.807, 2.05) is 41.0 Å². The Balaban J connectivity index is 1.38. The van der Waals surface area contributed by atoms with Gasteiger partial charge in [0, 0.05) is 17.8 Å². The number of para-hydroxylation sites is 2. The van der Waals surface area contributed by atoms with Gasteiger partial charge in [-0.3, -0.25) is 13.7 Å². The number of phenols is 1. The van der Waals surface area contributed by atoms with Crippen molar-refractivity contribution in [3.8, 4) is 11.4 Å². The van der Waals surface area contributed by atoms with Gasteiger partial charge in [0.25, 0.3) is 5.91 Å². The van der Waals surface area contributed by atoms with Crippen molar-refractivity contribution in [2.45, 2.75) is 6.42 Å². The summed E-state index contributed by atoms with van der Waals surface area (Å²) in [6.45, 7) is 0.380. The van der Waals surface area contributed by atoms with Gasteiger partial charge in [-0.15, -0.1) is 0 Å². The lowest BCUT2D eigenvalue weighted by Gasteiger charge is -2.18. The Kier molecular flexibility index (Phi) is 4.82. The normalized spacial score (nSPS) is 15.2. The minimum Gasteiger partial charge on any atom is -0.506 e. The second-order valence-corrected chi connectivity index (χ2v) is 9.56. The van der Waals surface area contributed by atoms with Crippen LogP contribution < -0.4 is 9.62 Å². The van der Waals surface area contributed by atoms with Gasteiger partial charge in [0.15, 0.2) is 0 Å². The molecule has 162 valence electrons. The van der Waals surface area contributed by atoms with Crippen LogP contribution in [-0.4, -0.2) is 41.3 Å². The molecule has 8 nitrogen and oxygen atoms in total. The number of phenolic OH excluding ortho intramolecular Hbond substituents is 1. The number of nitrogens with one attached hydrogen (secondary N) is 1. The third-order valence-electron chi connectivity index (χ3n) is 5.48. The van der Waals surface area contributed by atoms with Crippen LogP contribution >= 0.6 is 0 Å². The molecule has 32 heavy (non-hydrogen) atoms. The van der Waals surface area contributed by atoms with Crippen LogP contribution in [0, 0.1) is 0 Å². The van der Waals surface area contributed by atoms with Gasteiger partial charge in [-0.25, -0.2) is 13.4 Å². The SMILES string of the molecule is O=C(Nc1cc(N2CCCS2(=O)=O)ccc1O)c1ccc(-n2cnc3ccccc32)cc1. The van der Waals surface area contributed by atoms with Gasteiger partial charge in [-0.1, -0.05) is 12.1 Å². The smallest absolute Gasteiger partial charge is 0.255 e. The zero-order valence-electron chi connectivity index (χ0n) is 17.0. The van der Waals surface area contributed by atoms with Crippen LogP contribution in [0.25, 0.3) is 16.7 Å². The Morgan fingerprint density at radius 1 is 1.00 bits per heavy atom. The van der Waals surface area contributed by atoms with Crippen molar-refractivity contribution >= 4 is 38.3 Å². The standard InChI is InChI=1S/C23H20N4O4S/c28-22-11-10-18(27-12-3-13-32(27,30)31)14-20(22)25-23(29)16-6-8-17(9-7-16)26-15-24-19-4-1-2-5-21(19)26/h1-2,4-11,14-15,28H,3,12-13H2,(H,25,29). The van der Waals surface area contributed by atoms with Gasteiger partial charge < -0.3 is 10.4 Å². The third-order valence-corrected chi connectivity index (χ3v) is 7.35. The lowest BCUT2D eigenvalue weighted by molar-refractivity contribution is 0.102. The number of sulfonamides is 1. The second kappa shape index (κ2) is 7.69.